The number of hydrogen-bond acceptors (Lipinski definition) is 4. The summed E-state index contributed by atoms with van der Waals surface area (Å²) in [5.74, 6) is 6.39. The lowest BCUT2D eigenvalue weighted by Gasteiger charge is -2.17. The summed E-state index contributed by atoms with van der Waals surface area (Å²) in [6.07, 6.45) is 4.06. The molecule has 5 nitrogen and oxygen atoms in total. The number of amides is 1. The molecule has 1 aliphatic rings. The first kappa shape index (κ1) is 10.9. The topological polar surface area (TPSA) is 71.2 Å². The summed E-state index contributed by atoms with van der Waals surface area (Å²) in [5.41, 5.74) is 2.96. The van der Waals surface area contributed by atoms with Crippen LogP contribution in [0.2, 0.25) is 0 Å². The van der Waals surface area contributed by atoms with Crippen LogP contribution in [-0.4, -0.2) is 29.4 Å². The molecule has 1 saturated carbocycles. The fourth-order valence-corrected chi connectivity index (χ4v) is 1.67. The Labute approximate surface area is 94.6 Å². The number of nitrogen functional groups attached to an aromatic ring is 1. The number of rotatable bonds is 4. The van der Waals surface area contributed by atoms with Gasteiger partial charge in [0.25, 0.3) is 5.91 Å². The second-order valence-electron chi connectivity index (χ2n) is 4.17. The van der Waals surface area contributed by atoms with Crippen molar-refractivity contribution in [3.63, 3.8) is 0 Å². The third-order valence-corrected chi connectivity index (χ3v) is 2.75. The Morgan fingerprint density at radius 1 is 1.69 bits per heavy atom. The molecule has 0 radical (unpaired) electrons. The van der Waals surface area contributed by atoms with Gasteiger partial charge in [-0.3, -0.25) is 4.79 Å². The Balaban J connectivity index is 2.11. The molecule has 1 aliphatic carbocycles. The smallest absolute Gasteiger partial charge is 0.257 e. The molecule has 0 atom stereocenters. The Hall–Kier alpha value is -1.62. The highest BCUT2D eigenvalue weighted by molar-refractivity contribution is 5.98. The Kier molecular flexibility index (Phi) is 3.05. The van der Waals surface area contributed by atoms with Crippen molar-refractivity contribution < 1.29 is 4.79 Å². The first-order valence-electron chi connectivity index (χ1n) is 5.39. The zero-order valence-corrected chi connectivity index (χ0v) is 9.31. The molecule has 2 rings (SSSR count). The van der Waals surface area contributed by atoms with E-state index in [0.29, 0.717) is 17.3 Å². The molecule has 0 saturated heterocycles. The van der Waals surface area contributed by atoms with Crippen molar-refractivity contribution in [1.82, 2.24) is 9.88 Å². The minimum atomic E-state index is -0.0343. The maximum atomic E-state index is 12.1. The van der Waals surface area contributed by atoms with Crippen LogP contribution < -0.4 is 11.3 Å². The van der Waals surface area contributed by atoms with Crippen molar-refractivity contribution in [2.75, 3.05) is 19.0 Å². The van der Waals surface area contributed by atoms with Crippen molar-refractivity contribution in [1.29, 1.82) is 0 Å². The van der Waals surface area contributed by atoms with Gasteiger partial charge in [-0.15, -0.1) is 0 Å². The van der Waals surface area contributed by atoms with Crippen molar-refractivity contribution in [3.05, 3.63) is 23.9 Å². The summed E-state index contributed by atoms with van der Waals surface area (Å²) < 4.78 is 0. The number of pyridine rings is 1. The van der Waals surface area contributed by atoms with Gasteiger partial charge in [-0.25, -0.2) is 10.8 Å². The van der Waals surface area contributed by atoms with Gasteiger partial charge < -0.3 is 10.3 Å². The summed E-state index contributed by atoms with van der Waals surface area (Å²) in [6.45, 7) is 0.817. The van der Waals surface area contributed by atoms with E-state index in [1.807, 2.05) is 7.05 Å². The molecule has 1 aromatic rings. The molecule has 0 aromatic carbocycles. The highest BCUT2D eigenvalue weighted by Crippen LogP contribution is 2.29. The Morgan fingerprint density at radius 2 is 2.44 bits per heavy atom. The van der Waals surface area contributed by atoms with E-state index in [-0.39, 0.29) is 5.91 Å². The van der Waals surface area contributed by atoms with Gasteiger partial charge in [0.2, 0.25) is 0 Å². The number of aromatic nitrogens is 1. The van der Waals surface area contributed by atoms with Gasteiger partial charge in [0, 0.05) is 19.8 Å². The van der Waals surface area contributed by atoms with Gasteiger partial charge in [-0.1, -0.05) is 0 Å². The summed E-state index contributed by atoms with van der Waals surface area (Å²) in [7, 11) is 1.81. The van der Waals surface area contributed by atoms with E-state index in [2.05, 4.69) is 10.4 Å². The summed E-state index contributed by atoms with van der Waals surface area (Å²) >= 11 is 0. The largest absolute Gasteiger partial charge is 0.341 e. The van der Waals surface area contributed by atoms with E-state index in [4.69, 9.17) is 5.84 Å². The zero-order chi connectivity index (χ0) is 11.5. The number of nitrogens with one attached hydrogen (secondary N) is 1. The lowest BCUT2D eigenvalue weighted by Crippen LogP contribution is -2.30. The molecule has 1 fully saturated rings. The van der Waals surface area contributed by atoms with E-state index in [0.717, 1.165) is 6.54 Å². The van der Waals surface area contributed by atoms with Crippen LogP contribution in [0.25, 0.3) is 0 Å². The standard InChI is InChI=1S/C11H16N4O/c1-15(7-8-4-5-8)11(16)9-3-2-6-13-10(9)14-12/h2-3,6,8H,4-5,7,12H2,1H3,(H,13,14). The normalized spacial score (nSPS) is 14.6. The number of anilines is 1. The summed E-state index contributed by atoms with van der Waals surface area (Å²) in [4.78, 5) is 17.8. The molecule has 16 heavy (non-hydrogen) atoms. The minimum Gasteiger partial charge on any atom is -0.341 e. The second-order valence-corrected chi connectivity index (χ2v) is 4.17. The average Bonchev–Trinajstić information content (AvgIpc) is 3.11. The maximum Gasteiger partial charge on any atom is 0.257 e. The molecular weight excluding hydrogens is 204 g/mol. The van der Waals surface area contributed by atoms with Crippen LogP contribution in [0.5, 0.6) is 0 Å². The van der Waals surface area contributed by atoms with Crippen LogP contribution >= 0.6 is 0 Å². The van der Waals surface area contributed by atoms with Crippen molar-refractivity contribution in [3.8, 4) is 0 Å². The SMILES string of the molecule is CN(CC1CC1)C(=O)c1cccnc1NN. The molecule has 1 amide bonds. The van der Waals surface area contributed by atoms with E-state index >= 15 is 0 Å². The molecule has 5 heteroatoms. The third kappa shape index (κ3) is 2.30. The van der Waals surface area contributed by atoms with Gasteiger partial charge in [0.15, 0.2) is 5.82 Å². The molecule has 86 valence electrons. The predicted molar refractivity (Wildman–Crippen MR) is 61.7 cm³/mol. The molecule has 0 spiro atoms. The number of hydrazine groups is 1. The average molecular weight is 220 g/mol. The van der Waals surface area contributed by atoms with Gasteiger partial charge in [-0.2, -0.15) is 0 Å². The van der Waals surface area contributed by atoms with Gasteiger partial charge in [0.1, 0.15) is 0 Å². The van der Waals surface area contributed by atoms with Gasteiger partial charge >= 0.3 is 0 Å². The maximum absolute atomic E-state index is 12.1. The summed E-state index contributed by atoms with van der Waals surface area (Å²) in [6, 6.07) is 3.47. The number of nitrogens with two attached hydrogens (primary N) is 1. The van der Waals surface area contributed by atoms with E-state index < -0.39 is 0 Å². The van der Waals surface area contributed by atoms with Crippen molar-refractivity contribution >= 4 is 11.7 Å². The van der Waals surface area contributed by atoms with E-state index in [1.54, 1.807) is 23.2 Å². The third-order valence-electron chi connectivity index (χ3n) is 2.75. The highest BCUT2D eigenvalue weighted by Gasteiger charge is 2.26. The van der Waals surface area contributed by atoms with E-state index in [1.165, 1.54) is 12.8 Å². The van der Waals surface area contributed by atoms with Gasteiger partial charge in [0.05, 0.1) is 5.56 Å². The summed E-state index contributed by atoms with van der Waals surface area (Å²) in [5, 5.41) is 0. The predicted octanol–water partition coefficient (Wildman–Crippen LogP) is 0.849. The molecule has 0 unspecified atom stereocenters. The monoisotopic (exact) mass is 220 g/mol. The fourth-order valence-electron chi connectivity index (χ4n) is 1.67. The van der Waals surface area contributed by atoms with Crippen LogP contribution in [-0.2, 0) is 0 Å². The second kappa shape index (κ2) is 4.49. The highest BCUT2D eigenvalue weighted by atomic mass is 16.2. The fraction of sp³-hybridized carbons (Fsp3) is 0.455. The molecule has 0 aliphatic heterocycles. The van der Waals surface area contributed by atoms with Crippen molar-refractivity contribution in [2.45, 2.75) is 12.8 Å². The van der Waals surface area contributed by atoms with Crippen LogP contribution in [0.4, 0.5) is 5.82 Å². The minimum absolute atomic E-state index is 0.0343. The van der Waals surface area contributed by atoms with E-state index in [9.17, 15) is 4.79 Å². The first-order valence-corrected chi connectivity index (χ1v) is 5.39. The number of carbonyl (C=O) groups excluding carboxylic acids is 1. The van der Waals surface area contributed by atoms with Gasteiger partial charge in [-0.05, 0) is 30.9 Å². The lowest BCUT2D eigenvalue weighted by atomic mass is 10.2. The first-order chi connectivity index (χ1) is 7.72. The van der Waals surface area contributed by atoms with Crippen LogP contribution in [0, 0.1) is 5.92 Å². The molecule has 3 N–H and O–H groups in total. The quantitative estimate of drug-likeness (QED) is 0.583. The molecule has 1 aromatic heterocycles. The number of nitrogens with zero attached hydrogens (tertiary/aromatic N) is 2. The lowest BCUT2D eigenvalue weighted by molar-refractivity contribution is 0.0789. The zero-order valence-electron chi connectivity index (χ0n) is 9.31. The Morgan fingerprint density at radius 3 is 3.06 bits per heavy atom. The van der Waals surface area contributed by atoms with Crippen LogP contribution in [0.15, 0.2) is 18.3 Å². The van der Waals surface area contributed by atoms with Crippen LogP contribution in [0.3, 0.4) is 0 Å². The van der Waals surface area contributed by atoms with Crippen LogP contribution in [0.1, 0.15) is 23.2 Å². The Bertz CT molecular complexity index is 389. The number of carbonyl (C=O) groups is 1. The molecule has 1 heterocycles. The number of hydrogen-bond donors (Lipinski definition) is 2. The molecule has 0 bridgehead atoms. The molecular formula is C11H16N4O. The van der Waals surface area contributed by atoms with Crippen molar-refractivity contribution in [2.24, 2.45) is 11.8 Å².